The van der Waals surface area contributed by atoms with E-state index in [0.29, 0.717) is 54.7 Å². The van der Waals surface area contributed by atoms with Crippen molar-refractivity contribution in [2.45, 2.75) is 6.54 Å². The number of carbonyl (C=O) groups excluding carboxylic acids is 2. The summed E-state index contributed by atoms with van der Waals surface area (Å²) in [5.74, 6) is -0.397. The Hall–Kier alpha value is -3.23. The molecule has 7 nitrogen and oxygen atoms in total. The van der Waals surface area contributed by atoms with Crippen LogP contribution in [0.4, 0.5) is 10.2 Å². The molecule has 0 saturated carbocycles. The second-order valence-corrected chi connectivity index (χ2v) is 8.04. The fraction of sp³-hybridized carbons (Fsp3) is 0.261. The van der Waals surface area contributed by atoms with Gasteiger partial charge in [0.15, 0.2) is 5.69 Å². The average Bonchev–Trinajstić information content (AvgIpc) is 3.15. The topological polar surface area (TPSA) is 70.5 Å². The van der Waals surface area contributed by atoms with Crippen LogP contribution in [0.2, 0.25) is 5.02 Å². The molecule has 0 unspecified atom stereocenters. The van der Waals surface area contributed by atoms with E-state index in [9.17, 15) is 14.0 Å². The number of amides is 2. The first kappa shape index (κ1) is 22.0. The lowest BCUT2D eigenvalue weighted by molar-refractivity contribution is 0.0620. The molecule has 1 aliphatic rings. The van der Waals surface area contributed by atoms with Gasteiger partial charge in [-0.15, -0.1) is 0 Å². The van der Waals surface area contributed by atoms with Gasteiger partial charge in [0.1, 0.15) is 11.6 Å². The zero-order valence-corrected chi connectivity index (χ0v) is 18.3. The lowest BCUT2D eigenvalue weighted by atomic mass is 10.2. The third-order valence-electron chi connectivity index (χ3n) is 5.47. The molecular formula is C23H23ClFN5O2. The van der Waals surface area contributed by atoms with Crippen molar-refractivity contribution < 1.29 is 14.0 Å². The number of benzene rings is 2. The number of hydrogen-bond acceptors (Lipinski definition) is 4. The largest absolute Gasteiger partial charge is 0.335 e. The summed E-state index contributed by atoms with van der Waals surface area (Å²) in [4.78, 5) is 29.3. The fourth-order valence-corrected chi connectivity index (χ4v) is 3.88. The van der Waals surface area contributed by atoms with Crippen LogP contribution in [0.3, 0.4) is 0 Å². The molecule has 0 bridgehead atoms. The summed E-state index contributed by atoms with van der Waals surface area (Å²) in [5, 5.41) is 7.36. The van der Waals surface area contributed by atoms with E-state index in [4.69, 9.17) is 11.6 Å². The third-order valence-corrected chi connectivity index (χ3v) is 5.80. The van der Waals surface area contributed by atoms with Crippen LogP contribution >= 0.6 is 11.6 Å². The summed E-state index contributed by atoms with van der Waals surface area (Å²) < 4.78 is 15.3. The number of hydrogen-bond donors (Lipinski definition) is 1. The van der Waals surface area contributed by atoms with E-state index in [1.54, 1.807) is 54.4 Å². The lowest BCUT2D eigenvalue weighted by Gasteiger charge is -2.34. The van der Waals surface area contributed by atoms with E-state index in [1.165, 1.54) is 10.7 Å². The van der Waals surface area contributed by atoms with Crippen LogP contribution < -0.4 is 5.32 Å². The molecule has 32 heavy (non-hydrogen) atoms. The summed E-state index contributed by atoms with van der Waals surface area (Å²) in [5.41, 5.74) is 1.25. The predicted octanol–water partition coefficient (Wildman–Crippen LogP) is 3.42. The van der Waals surface area contributed by atoms with Gasteiger partial charge in [0.05, 0.1) is 10.6 Å². The van der Waals surface area contributed by atoms with E-state index in [1.807, 2.05) is 6.07 Å². The normalized spacial score (nSPS) is 14.4. The van der Waals surface area contributed by atoms with Gasteiger partial charge in [0.2, 0.25) is 0 Å². The van der Waals surface area contributed by atoms with Gasteiger partial charge in [0.25, 0.3) is 11.8 Å². The van der Waals surface area contributed by atoms with Crippen LogP contribution in [0, 0.1) is 5.82 Å². The predicted molar refractivity (Wildman–Crippen MR) is 120 cm³/mol. The zero-order valence-electron chi connectivity index (χ0n) is 17.6. The Kier molecular flexibility index (Phi) is 6.53. The molecule has 1 saturated heterocycles. The molecule has 1 fully saturated rings. The summed E-state index contributed by atoms with van der Waals surface area (Å²) in [6, 6.07) is 15.0. The quantitative estimate of drug-likeness (QED) is 0.640. The number of nitrogens with one attached hydrogen (secondary N) is 1. The van der Waals surface area contributed by atoms with E-state index in [0.717, 1.165) is 0 Å². The molecule has 4 rings (SSSR count). The SMILES string of the molecule is Cn1nc(C(=O)N2CCN(Cc3ccccc3F)CC2)cc1NC(=O)c1ccccc1Cl. The number of anilines is 1. The molecule has 2 heterocycles. The summed E-state index contributed by atoms with van der Waals surface area (Å²) in [6.45, 7) is 2.83. The molecule has 0 atom stereocenters. The molecule has 9 heteroatoms. The van der Waals surface area contributed by atoms with Crippen molar-refractivity contribution in [2.75, 3.05) is 31.5 Å². The van der Waals surface area contributed by atoms with Gasteiger partial charge in [-0.3, -0.25) is 19.2 Å². The number of aromatic nitrogens is 2. The maximum Gasteiger partial charge on any atom is 0.274 e. The van der Waals surface area contributed by atoms with Crippen molar-refractivity contribution in [1.82, 2.24) is 19.6 Å². The molecular weight excluding hydrogens is 433 g/mol. The first-order chi connectivity index (χ1) is 15.4. The molecule has 1 aromatic heterocycles. The van der Waals surface area contributed by atoms with Crippen LogP contribution in [0.5, 0.6) is 0 Å². The second-order valence-electron chi connectivity index (χ2n) is 7.63. The van der Waals surface area contributed by atoms with Crippen molar-refractivity contribution in [1.29, 1.82) is 0 Å². The number of nitrogens with zero attached hydrogens (tertiary/aromatic N) is 4. The van der Waals surface area contributed by atoms with Crippen molar-refractivity contribution in [2.24, 2.45) is 7.05 Å². The summed E-state index contributed by atoms with van der Waals surface area (Å²) >= 11 is 6.08. The number of aryl methyl sites for hydroxylation is 1. The van der Waals surface area contributed by atoms with Crippen molar-refractivity contribution in [3.8, 4) is 0 Å². The minimum atomic E-state index is -0.376. The van der Waals surface area contributed by atoms with E-state index >= 15 is 0 Å². The molecule has 2 aromatic carbocycles. The molecule has 3 aromatic rings. The smallest absolute Gasteiger partial charge is 0.274 e. The van der Waals surface area contributed by atoms with Gasteiger partial charge < -0.3 is 10.2 Å². The fourth-order valence-electron chi connectivity index (χ4n) is 3.66. The van der Waals surface area contributed by atoms with Gasteiger partial charge in [-0.25, -0.2) is 4.39 Å². The molecule has 166 valence electrons. The van der Waals surface area contributed by atoms with Crippen molar-refractivity contribution in [3.63, 3.8) is 0 Å². The Morgan fingerprint density at radius 3 is 2.47 bits per heavy atom. The van der Waals surface area contributed by atoms with Crippen LogP contribution in [0.25, 0.3) is 0 Å². The number of halogens is 2. The Balaban J connectivity index is 1.37. The number of carbonyl (C=O) groups is 2. The lowest BCUT2D eigenvalue weighted by Crippen LogP contribution is -2.48. The Morgan fingerprint density at radius 1 is 1.06 bits per heavy atom. The highest BCUT2D eigenvalue weighted by Crippen LogP contribution is 2.19. The molecule has 0 radical (unpaired) electrons. The van der Waals surface area contributed by atoms with Gasteiger partial charge in [-0.1, -0.05) is 41.9 Å². The molecule has 2 amide bonds. The molecule has 0 aliphatic carbocycles. The van der Waals surface area contributed by atoms with E-state index in [-0.39, 0.29) is 23.3 Å². The Morgan fingerprint density at radius 2 is 1.75 bits per heavy atom. The van der Waals surface area contributed by atoms with Crippen LogP contribution in [-0.4, -0.2) is 57.6 Å². The monoisotopic (exact) mass is 455 g/mol. The highest BCUT2D eigenvalue weighted by atomic mass is 35.5. The first-order valence-electron chi connectivity index (χ1n) is 10.3. The third kappa shape index (κ3) is 4.81. The summed E-state index contributed by atoms with van der Waals surface area (Å²) in [7, 11) is 1.66. The van der Waals surface area contributed by atoms with Gasteiger partial charge in [-0.2, -0.15) is 5.10 Å². The Bertz CT molecular complexity index is 1140. The van der Waals surface area contributed by atoms with Gasteiger partial charge >= 0.3 is 0 Å². The zero-order chi connectivity index (χ0) is 22.7. The van der Waals surface area contributed by atoms with Crippen LogP contribution in [-0.2, 0) is 13.6 Å². The van der Waals surface area contributed by atoms with Gasteiger partial charge in [-0.05, 0) is 18.2 Å². The summed E-state index contributed by atoms with van der Waals surface area (Å²) in [6.07, 6.45) is 0. The average molecular weight is 456 g/mol. The maximum atomic E-state index is 13.9. The van der Waals surface area contributed by atoms with Crippen molar-refractivity contribution in [3.05, 3.63) is 82.3 Å². The standard InChI is InChI=1S/C23H23ClFN5O2/c1-28-21(26-22(31)17-7-3-4-8-18(17)24)14-20(27-28)23(32)30-12-10-29(11-13-30)15-16-6-2-5-9-19(16)25/h2-9,14H,10-13,15H2,1H3,(H,26,31). The number of rotatable bonds is 5. The minimum Gasteiger partial charge on any atom is -0.335 e. The van der Waals surface area contributed by atoms with Crippen LogP contribution in [0.15, 0.2) is 54.6 Å². The van der Waals surface area contributed by atoms with E-state index < -0.39 is 0 Å². The van der Waals surface area contributed by atoms with E-state index in [2.05, 4.69) is 15.3 Å². The first-order valence-corrected chi connectivity index (χ1v) is 10.6. The molecule has 0 spiro atoms. The Labute approximate surface area is 190 Å². The highest BCUT2D eigenvalue weighted by molar-refractivity contribution is 6.34. The number of piperazine rings is 1. The van der Waals surface area contributed by atoms with Crippen LogP contribution in [0.1, 0.15) is 26.4 Å². The van der Waals surface area contributed by atoms with Gasteiger partial charge in [0, 0.05) is 51.4 Å². The second kappa shape index (κ2) is 9.50. The minimum absolute atomic E-state index is 0.204. The highest BCUT2D eigenvalue weighted by Gasteiger charge is 2.25. The molecule has 1 N–H and O–H groups in total. The van der Waals surface area contributed by atoms with Crippen molar-refractivity contribution >= 4 is 29.2 Å². The molecule has 1 aliphatic heterocycles. The maximum absolute atomic E-state index is 13.9.